The van der Waals surface area contributed by atoms with Crippen molar-refractivity contribution in [3.05, 3.63) is 41.3 Å². The van der Waals surface area contributed by atoms with E-state index in [4.69, 9.17) is 11.6 Å². The second-order valence-corrected chi connectivity index (χ2v) is 5.45. The van der Waals surface area contributed by atoms with Crippen molar-refractivity contribution in [2.24, 2.45) is 0 Å². The van der Waals surface area contributed by atoms with Crippen LogP contribution in [0.4, 0.5) is 5.69 Å². The van der Waals surface area contributed by atoms with Crippen LogP contribution in [0.5, 0.6) is 0 Å². The SMILES string of the molecule is C/C=C\C(=C/NN1CCCCC1)c1cc(NC)cnc1Cl. The molecule has 1 aliphatic heterocycles. The van der Waals surface area contributed by atoms with Gasteiger partial charge >= 0.3 is 0 Å². The molecule has 2 heterocycles. The number of hydrogen-bond donors (Lipinski definition) is 2. The molecule has 1 saturated heterocycles. The van der Waals surface area contributed by atoms with E-state index >= 15 is 0 Å². The van der Waals surface area contributed by atoms with Crippen molar-refractivity contribution in [3.63, 3.8) is 0 Å². The normalized spacial score (nSPS) is 17.2. The Morgan fingerprint density at radius 1 is 1.33 bits per heavy atom. The quantitative estimate of drug-likeness (QED) is 0.643. The van der Waals surface area contributed by atoms with Crippen molar-refractivity contribution in [2.75, 3.05) is 25.5 Å². The summed E-state index contributed by atoms with van der Waals surface area (Å²) in [5, 5.41) is 5.85. The van der Waals surface area contributed by atoms with E-state index in [0.717, 1.165) is 29.9 Å². The van der Waals surface area contributed by atoms with Crippen LogP contribution in [0.1, 0.15) is 31.7 Å². The number of hydrogen-bond acceptors (Lipinski definition) is 4. The van der Waals surface area contributed by atoms with Crippen LogP contribution in [-0.4, -0.2) is 30.1 Å². The maximum Gasteiger partial charge on any atom is 0.137 e. The predicted octanol–water partition coefficient (Wildman–Crippen LogP) is 3.68. The Morgan fingerprint density at radius 2 is 2.10 bits per heavy atom. The fraction of sp³-hybridized carbons (Fsp3) is 0.438. The Bertz CT molecular complexity index is 519. The Morgan fingerprint density at radius 3 is 2.76 bits per heavy atom. The smallest absolute Gasteiger partial charge is 0.137 e. The number of piperidine rings is 1. The highest BCUT2D eigenvalue weighted by Gasteiger charge is 2.10. The third-order valence-corrected chi connectivity index (χ3v) is 3.84. The Kier molecular flexibility index (Phi) is 6.08. The molecule has 1 aliphatic rings. The molecule has 1 aromatic heterocycles. The summed E-state index contributed by atoms with van der Waals surface area (Å²) >= 11 is 6.25. The lowest BCUT2D eigenvalue weighted by molar-refractivity contribution is 0.183. The van der Waals surface area contributed by atoms with E-state index in [1.54, 1.807) is 6.20 Å². The van der Waals surface area contributed by atoms with Gasteiger partial charge in [-0.3, -0.25) is 0 Å². The minimum Gasteiger partial charge on any atom is -0.387 e. The summed E-state index contributed by atoms with van der Waals surface area (Å²) in [5.74, 6) is 0. The fourth-order valence-electron chi connectivity index (χ4n) is 2.37. The lowest BCUT2D eigenvalue weighted by Crippen LogP contribution is -2.38. The Balaban J connectivity index is 2.21. The second-order valence-electron chi connectivity index (χ2n) is 5.09. The minimum absolute atomic E-state index is 0.513. The maximum absolute atomic E-state index is 6.25. The summed E-state index contributed by atoms with van der Waals surface area (Å²) in [6.45, 7) is 4.17. The molecule has 21 heavy (non-hydrogen) atoms. The molecular weight excluding hydrogens is 284 g/mol. The molecule has 0 saturated carbocycles. The standard InChI is InChI=1S/C16H23ClN4/c1-3-7-13(11-20-21-8-5-4-6-9-21)15-10-14(18-2)12-19-16(15)17/h3,7,10-12,18,20H,4-6,8-9H2,1-2H3/b7-3-,13-11+. The largest absolute Gasteiger partial charge is 0.387 e. The summed E-state index contributed by atoms with van der Waals surface area (Å²) in [6, 6.07) is 2.01. The number of aromatic nitrogens is 1. The van der Waals surface area contributed by atoms with Gasteiger partial charge in [0.25, 0.3) is 0 Å². The molecule has 0 unspecified atom stereocenters. The average Bonchev–Trinajstić information content (AvgIpc) is 2.53. The second kappa shape index (κ2) is 8.05. The summed E-state index contributed by atoms with van der Waals surface area (Å²) in [5.41, 5.74) is 6.28. The first kappa shape index (κ1) is 15.9. The van der Waals surface area contributed by atoms with E-state index in [9.17, 15) is 0 Å². The van der Waals surface area contributed by atoms with Crippen LogP contribution >= 0.6 is 11.6 Å². The molecule has 5 heteroatoms. The van der Waals surface area contributed by atoms with Crippen molar-refractivity contribution in [3.8, 4) is 0 Å². The lowest BCUT2D eigenvalue weighted by atomic mass is 10.1. The van der Waals surface area contributed by atoms with E-state index in [-0.39, 0.29) is 0 Å². The Hall–Kier alpha value is -1.52. The van der Waals surface area contributed by atoms with Gasteiger partial charge in [-0.1, -0.05) is 30.2 Å². The van der Waals surface area contributed by atoms with Gasteiger partial charge < -0.3 is 10.7 Å². The summed E-state index contributed by atoms with van der Waals surface area (Å²) < 4.78 is 0. The maximum atomic E-state index is 6.25. The number of nitrogens with zero attached hydrogens (tertiary/aromatic N) is 2. The van der Waals surface area contributed by atoms with E-state index in [1.807, 2.05) is 38.4 Å². The zero-order valence-corrected chi connectivity index (χ0v) is 13.5. The van der Waals surface area contributed by atoms with Crippen molar-refractivity contribution in [1.29, 1.82) is 0 Å². The molecule has 0 aromatic carbocycles. The van der Waals surface area contributed by atoms with Gasteiger partial charge in [0.15, 0.2) is 0 Å². The van der Waals surface area contributed by atoms with E-state index in [2.05, 4.69) is 20.7 Å². The van der Waals surface area contributed by atoms with Gasteiger partial charge in [-0.2, -0.15) is 0 Å². The van der Waals surface area contributed by atoms with Crippen LogP contribution in [0.3, 0.4) is 0 Å². The molecular formula is C16H23ClN4. The lowest BCUT2D eigenvalue weighted by Gasteiger charge is -2.26. The molecule has 114 valence electrons. The fourth-order valence-corrected chi connectivity index (χ4v) is 2.58. The first-order valence-corrected chi connectivity index (χ1v) is 7.80. The monoisotopic (exact) mass is 306 g/mol. The molecule has 1 aromatic rings. The molecule has 2 N–H and O–H groups in total. The van der Waals surface area contributed by atoms with Gasteiger partial charge in [-0.15, -0.1) is 0 Å². The van der Waals surface area contributed by atoms with E-state index < -0.39 is 0 Å². The molecule has 0 amide bonds. The highest BCUT2D eigenvalue weighted by molar-refractivity contribution is 6.31. The van der Waals surface area contributed by atoms with E-state index in [0.29, 0.717) is 5.15 Å². The number of nitrogens with one attached hydrogen (secondary N) is 2. The van der Waals surface area contributed by atoms with Gasteiger partial charge in [-0.05, 0) is 25.8 Å². The van der Waals surface area contributed by atoms with Crippen LogP contribution in [0.15, 0.2) is 30.6 Å². The van der Waals surface area contributed by atoms with Gasteiger partial charge in [0.2, 0.25) is 0 Å². The van der Waals surface area contributed by atoms with Crippen LogP contribution in [0.25, 0.3) is 5.57 Å². The summed E-state index contributed by atoms with van der Waals surface area (Å²) in [7, 11) is 1.87. The number of anilines is 1. The minimum atomic E-state index is 0.513. The third kappa shape index (κ3) is 4.48. The van der Waals surface area contributed by atoms with Crippen LogP contribution in [-0.2, 0) is 0 Å². The number of allylic oxidation sites excluding steroid dienone is 3. The van der Waals surface area contributed by atoms with Crippen LogP contribution in [0, 0.1) is 0 Å². The Labute approximate surface area is 131 Å². The highest BCUT2D eigenvalue weighted by Crippen LogP contribution is 2.25. The number of rotatable bonds is 5. The third-order valence-electron chi connectivity index (χ3n) is 3.54. The molecule has 2 rings (SSSR count). The predicted molar refractivity (Wildman–Crippen MR) is 90.1 cm³/mol. The molecule has 0 aliphatic carbocycles. The molecule has 1 fully saturated rings. The van der Waals surface area contributed by atoms with Gasteiger partial charge in [-0.25, -0.2) is 9.99 Å². The molecule has 0 spiro atoms. The van der Waals surface area contributed by atoms with Crippen molar-refractivity contribution in [2.45, 2.75) is 26.2 Å². The molecule has 0 bridgehead atoms. The van der Waals surface area contributed by atoms with Crippen molar-refractivity contribution >= 4 is 22.9 Å². The summed E-state index contributed by atoms with van der Waals surface area (Å²) in [6.07, 6.45) is 11.6. The van der Waals surface area contributed by atoms with Gasteiger partial charge in [0.1, 0.15) is 5.15 Å². The zero-order chi connectivity index (χ0) is 15.1. The van der Waals surface area contributed by atoms with Crippen LogP contribution < -0.4 is 10.7 Å². The summed E-state index contributed by atoms with van der Waals surface area (Å²) in [4.78, 5) is 4.23. The highest BCUT2D eigenvalue weighted by atomic mass is 35.5. The molecule has 4 nitrogen and oxygen atoms in total. The first-order valence-electron chi connectivity index (χ1n) is 7.42. The average molecular weight is 307 g/mol. The van der Waals surface area contributed by atoms with E-state index in [1.165, 1.54) is 19.3 Å². The van der Waals surface area contributed by atoms with Gasteiger partial charge in [0.05, 0.1) is 11.9 Å². The van der Waals surface area contributed by atoms with Crippen molar-refractivity contribution in [1.82, 2.24) is 15.4 Å². The first-order chi connectivity index (χ1) is 10.2. The zero-order valence-electron chi connectivity index (χ0n) is 12.7. The number of halogens is 1. The molecule has 0 radical (unpaired) electrons. The van der Waals surface area contributed by atoms with Crippen LogP contribution in [0.2, 0.25) is 5.15 Å². The molecule has 0 atom stereocenters. The topological polar surface area (TPSA) is 40.2 Å². The number of pyridine rings is 1. The number of hydrazine groups is 1. The van der Waals surface area contributed by atoms with Crippen molar-refractivity contribution < 1.29 is 0 Å². The van der Waals surface area contributed by atoms with Gasteiger partial charge in [0, 0.05) is 37.5 Å².